The van der Waals surface area contributed by atoms with Gasteiger partial charge in [0.1, 0.15) is 12.4 Å². The molecule has 0 saturated heterocycles. The molecule has 0 saturated carbocycles. The third kappa shape index (κ3) is 4.68. The topological polar surface area (TPSA) is 72.3 Å². The van der Waals surface area contributed by atoms with Gasteiger partial charge in [-0.25, -0.2) is 9.78 Å². The Balaban J connectivity index is 1.92. The van der Waals surface area contributed by atoms with Crippen molar-refractivity contribution in [3.05, 3.63) is 46.2 Å². The van der Waals surface area contributed by atoms with Gasteiger partial charge in [0.25, 0.3) is 0 Å². The van der Waals surface area contributed by atoms with E-state index in [2.05, 4.69) is 23.8 Å². The van der Waals surface area contributed by atoms with Gasteiger partial charge in [0, 0.05) is 17.4 Å². The Morgan fingerprint density at radius 1 is 1.48 bits per heavy atom. The third-order valence-electron chi connectivity index (χ3n) is 2.61. The van der Waals surface area contributed by atoms with Gasteiger partial charge in [-0.15, -0.1) is 11.3 Å². The normalized spacial score (nSPS) is 11.2. The lowest BCUT2D eigenvalue weighted by Gasteiger charge is -2.04. The molecule has 0 fully saturated rings. The van der Waals surface area contributed by atoms with Crippen molar-refractivity contribution in [3.63, 3.8) is 0 Å². The van der Waals surface area contributed by atoms with E-state index in [0.29, 0.717) is 24.0 Å². The van der Waals surface area contributed by atoms with Crippen LogP contribution in [0.5, 0.6) is 5.75 Å². The Bertz CT molecular complexity index is 633. The van der Waals surface area contributed by atoms with E-state index in [1.807, 2.05) is 5.38 Å². The van der Waals surface area contributed by atoms with Gasteiger partial charge in [-0.05, 0) is 18.2 Å². The van der Waals surface area contributed by atoms with E-state index in [9.17, 15) is 4.79 Å². The number of thiazole rings is 1. The van der Waals surface area contributed by atoms with E-state index in [0.717, 1.165) is 16.8 Å². The van der Waals surface area contributed by atoms with Crippen molar-refractivity contribution in [2.75, 3.05) is 0 Å². The van der Waals surface area contributed by atoms with Crippen molar-refractivity contribution in [1.29, 1.82) is 0 Å². The molecule has 0 aliphatic rings. The molecule has 110 valence electrons. The molecule has 0 spiro atoms. The smallest absolute Gasteiger partial charge is 0.328 e. The lowest BCUT2D eigenvalue weighted by molar-refractivity contribution is -0.131. The number of aliphatic carboxylic acids is 1. The van der Waals surface area contributed by atoms with Crippen molar-refractivity contribution < 1.29 is 14.6 Å². The van der Waals surface area contributed by atoms with Gasteiger partial charge in [-0.3, -0.25) is 4.98 Å². The predicted molar refractivity (Wildman–Crippen MR) is 81.4 cm³/mol. The van der Waals surface area contributed by atoms with Crippen LogP contribution < -0.4 is 4.74 Å². The van der Waals surface area contributed by atoms with Crippen molar-refractivity contribution >= 4 is 23.4 Å². The zero-order valence-corrected chi connectivity index (χ0v) is 12.6. The van der Waals surface area contributed by atoms with E-state index in [1.54, 1.807) is 29.7 Å². The molecule has 2 aromatic rings. The molecular weight excluding hydrogens is 288 g/mol. The average Bonchev–Trinajstić information content (AvgIpc) is 2.93. The molecule has 6 heteroatoms. The molecule has 0 aromatic carbocycles. The summed E-state index contributed by atoms with van der Waals surface area (Å²) in [6, 6.07) is 3.46. The molecule has 2 rings (SSSR count). The lowest BCUT2D eigenvalue weighted by Crippen LogP contribution is -1.97. The van der Waals surface area contributed by atoms with Crippen LogP contribution in [-0.4, -0.2) is 21.0 Å². The molecule has 0 unspecified atom stereocenters. The van der Waals surface area contributed by atoms with Crippen LogP contribution in [0.25, 0.3) is 6.08 Å². The second-order valence-corrected chi connectivity index (χ2v) is 5.60. The van der Waals surface area contributed by atoms with Crippen LogP contribution in [0.15, 0.2) is 29.8 Å². The van der Waals surface area contributed by atoms with Gasteiger partial charge in [-0.2, -0.15) is 0 Å². The summed E-state index contributed by atoms with van der Waals surface area (Å²) < 4.78 is 5.61. The van der Waals surface area contributed by atoms with E-state index in [-0.39, 0.29) is 0 Å². The van der Waals surface area contributed by atoms with Crippen LogP contribution in [0.3, 0.4) is 0 Å². The molecule has 1 N–H and O–H groups in total. The quantitative estimate of drug-likeness (QED) is 0.829. The van der Waals surface area contributed by atoms with Gasteiger partial charge < -0.3 is 9.84 Å². The minimum atomic E-state index is -0.999. The monoisotopic (exact) mass is 304 g/mol. The fourth-order valence-electron chi connectivity index (χ4n) is 1.54. The van der Waals surface area contributed by atoms with Gasteiger partial charge >= 0.3 is 5.97 Å². The van der Waals surface area contributed by atoms with Crippen molar-refractivity contribution in [2.24, 2.45) is 0 Å². The second kappa shape index (κ2) is 6.99. The minimum Gasteiger partial charge on any atom is -0.486 e. The van der Waals surface area contributed by atoms with Crippen molar-refractivity contribution in [1.82, 2.24) is 9.97 Å². The molecule has 0 radical (unpaired) electrons. The van der Waals surface area contributed by atoms with E-state index in [4.69, 9.17) is 9.84 Å². The summed E-state index contributed by atoms with van der Waals surface area (Å²) in [6.07, 6.45) is 4.05. The highest BCUT2D eigenvalue weighted by molar-refractivity contribution is 7.09. The third-order valence-corrected chi connectivity index (χ3v) is 3.80. The summed E-state index contributed by atoms with van der Waals surface area (Å²) in [5.74, 6) is 0.0499. The largest absolute Gasteiger partial charge is 0.486 e. The number of carboxylic acid groups (broad SMARTS) is 1. The molecule has 2 aromatic heterocycles. The first-order chi connectivity index (χ1) is 10.0. The number of rotatable bonds is 6. The number of carboxylic acids is 1. The number of carbonyl (C=O) groups is 1. The fraction of sp³-hybridized carbons (Fsp3) is 0.267. The van der Waals surface area contributed by atoms with Gasteiger partial charge in [0.15, 0.2) is 0 Å². The average molecular weight is 304 g/mol. The Morgan fingerprint density at radius 2 is 2.29 bits per heavy atom. The molecule has 5 nitrogen and oxygen atoms in total. The van der Waals surface area contributed by atoms with Gasteiger partial charge in [0.05, 0.1) is 22.6 Å². The standard InChI is InChI=1S/C15H16N2O3S/c1-10(2)15-17-12(9-21-15)8-20-13-5-3-11(16-7-13)4-6-14(18)19/h3-7,9-10H,8H2,1-2H3,(H,18,19). The fourth-order valence-corrected chi connectivity index (χ4v) is 2.36. The number of nitrogens with zero attached hydrogens (tertiary/aromatic N) is 2. The number of pyridine rings is 1. The number of hydrogen-bond donors (Lipinski definition) is 1. The summed E-state index contributed by atoms with van der Waals surface area (Å²) in [4.78, 5) is 19.0. The summed E-state index contributed by atoms with van der Waals surface area (Å²) in [6.45, 7) is 4.61. The highest BCUT2D eigenvalue weighted by atomic mass is 32.1. The molecule has 2 heterocycles. The SMILES string of the molecule is CC(C)c1nc(COc2ccc(C=CC(=O)O)nc2)cs1. The Hall–Kier alpha value is -2.21. The maximum atomic E-state index is 10.4. The summed E-state index contributed by atoms with van der Waals surface area (Å²) in [5.41, 5.74) is 1.47. The number of ether oxygens (including phenoxy) is 1. The zero-order chi connectivity index (χ0) is 15.2. The van der Waals surface area contributed by atoms with Gasteiger partial charge in [0.2, 0.25) is 0 Å². The summed E-state index contributed by atoms with van der Waals surface area (Å²) in [5, 5.41) is 11.6. The Kier molecular flexibility index (Phi) is 5.05. The first-order valence-electron chi connectivity index (χ1n) is 6.49. The minimum absolute atomic E-state index is 0.398. The molecule has 0 amide bonds. The van der Waals surface area contributed by atoms with Crippen LogP contribution in [0.4, 0.5) is 0 Å². The van der Waals surface area contributed by atoms with Crippen LogP contribution in [0.2, 0.25) is 0 Å². The van der Waals surface area contributed by atoms with E-state index in [1.165, 1.54) is 6.08 Å². The maximum Gasteiger partial charge on any atom is 0.328 e. The maximum absolute atomic E-state index is 10.4. The molecule has 0 bridgehead atoms. The highest BCUT2D eigenvalue weighted by Crippen LogP contribution is 2.20. The molecular formula is C15H16N2O3S. The molecule has 0 aliphatic heterocycles. The molecule has 21 heavy (non-hydrogen) atoms. The van der Waals surface area contributed by atoms with Crippen molar-refractivity contribution in [2.45, 2.75) is 26.4 Å². The van der Waals surface area contributed by atoms with Crippen LogP contribution in [-0.2, 0) is 11.4 Å². The number of hydrogen-bond acceptors (Lipinski definition) is 5. The van der Waals surface area contributed by atoms with Crippen LogP contribution >= 0.6 is 11.3 Å². The second-order valence-electron chi connectivity index (χ2n) is 4.71. The highest BCUT2D eigenvalue weighted by Gasteiger charge is 2.06. The number of aromatic nitrogens is 2. The molecule has 0 atom stereocenters. The van der Waals surface area contributed by atoms with E-state index >= 15 is 0 Å². The zero-order valence-electron chi connectivity index (χ0n) is 11.8. The Morgan fingerprint density at radius 3 is 2.86 bits per heavy atom. The Labute approximate surface area is 127 Å². The summed E-state index contributed by atoms with van der Waals surface area (Å²) in [7, 11) is 0. The van der Waals surface area contributed by atoms with E-state index < -0.39 is 5.97 Å². The van der Waals surface area contributed by atoms with Gasteiger partial charge in [-0.1, -0.05) is 13.8 Å². The first kappa shape index (κ1) is 15.2. The predicted octanol–water partition coefficient (Wildman–Crippen LogP) is 3.34. The van der Waals surface area contributed by atoms with Crippen LogP contribution in [0.1, 0.15) is 36.2 Å². The van der Waals surface area contributed by atoms with Crippen LogP contribution in [0, 0.1) is 0 Å². The summed E-state index contributed by atoms with van der Waals surface area (Å²) >= 11 is 1.63. The molecule has 0 aliphatic carbocycles. The van der Waals surface area contributed by atoms with Crippen molar-refractivity contribution in [3.8, 4) is 5.75 Å². The first-order valence-corrected chi connectivity index (χ1v) is 7.36. The lowest BCUT2D eigenvalue weighted by atomic mass is 10.2.